The maximum absolute atomic E-state index is 5.83. The van der Waals surface area contributed by atoms with Gasteiger partial charge in [-0.05, 0) is 80.1 Å². The van der Waals surface area contributed by atoms with Gasteiger partial charge < -0.3 is 13.9 Å². The Morgan fingerprint density at radius 3 is 2.66 bits per heavy atom. The summed E-state index contributed by atoms with van der Waals surface area (Å²) in [4.78, 5) is 4.27. The minimum atomic E-state index is 0.403. The molecule has 0 bridgehead atoms. The van der Waals surface area contributed by atoms with Crippen molar-refractivity contribution in [3.63, 3.8) is 0 Å². The van der Waals surface area contributed by atoms with E-state index in [0.29, 0.717) is 6.61 Å². The summed E-state index contributed by atoms with van der Waals surface area (Å²) < 4.78 is 17.0. The molecule has 0 spiro atoms. The number of methoxy groups -OCH3 is 1. The zero-order chi connectivity index (χ0) is 22.3. The normalized spacial score (nSPS) is 11.5. The summed E-state index contributed by atoms with van der Waals surface area (Å²) in [6, 6.07) is 15.5. The fraction of sp³-hybridized carbons (Fsp3) is 0.154. The number of benzene rings is 1. The van der Waals surface area contributed by atoms with Crippen LogP contribution in [0.3, 0.4) is 0 Å². The summed E-state index contributed by atoms with van der Waals surface area (Å²) in [5.41, 5.74) is 4.64. The number of aryl methyl sites for hydroxylation is 2. The molecule has 3 aromatic heterocycles. The summed E-state index contributed by atoms with van der Waals surface area (Å²) in [6.07, 6.45) is 9.51. The highest BCUT2D eigenvalue weighted by Crippen LogP contribution is 2.27. The largest absolute Gasteiger partial charge is 0.496 e. The summed E-state index contributed by atoms with van der Waals surface area (Å²) in [5.74, 6) is 3.20. The number of ether oxygens (including phenoxy) is 2. The molecule has 6 nitrogen and oxygen atoms in total. The van der Waals surface area contributed by atoms with Crippen LogP contribution in [-0.2, 0) is 6.61 Å². The monoisotopic (exact) mass is 427 g/mol. The minimum Gasteiger partial charge on any atom is -0.496 e. The van der Waals surface area contributed by atoms with Crippen LogP contribution in [0.1, 0.15) is 39.7 Å². The van der Waals surface area contributed by atoms with Gasteiger partial charge in [-0.2, -0.15) is 5.10 Å². The third kappa shape index (κ3) is 5.35. The van der Waals surface area contributed by atoms with Crippen LogP contribution in [0.15, 0.2) is 59.1 Å². The number of furan rings is 1. The van der Waals surface area contributed by atoms with E-state index in [1.165, 1.54) is 0 Å². The Balaban J connectivity index is 1.41. The van der Waals surface area contributed by atoms with Gasteiger partial charge >= 0.3 is 0 Å². The van der Waals surface area contributed by atoms with Crippen LogP contribution in [0.5, 0.6) is 11.5 Å². The van der Waals surface area contributed by atoms with Crippen LogP contribution in [0.4, 0.5) is 0 Å². The fourth-order valence-corrected chi connectivity index (χ4v) is 3.11. The van der Waals surface area contributed by atoms with Crippen LogP contribution in [0, 0.1) is 13.8 Å². The second-order valence-corrected chi connectivity index (χ2v) is 7.32. The average Bonchev–Trinajstić information content (AvgIpc) is 3.41. The maximum Gasteiger partial charge on any atom is 0.130 e. The molecule has 6 heteroatoms. The smallest absolute Gasteiger partial charge is 0.130 e. The van der Waals surface area contributed by atoms with Crippen molar-refractivity contribution in [2.75, 3.05) is 7.11 Å². The van der Waals surface area contributed by atoms with Crippen molar-refractivity contribution in [3.8, 4) is 11.5 Å². The van der Waals surface area contributed by atoms with E-state index < -0.39 is 0 Å². The van der Waals surface area contributed by atoms with Gasteiger partial charge in [0.25, 0.3) is 0 Å². The van der Waals surface area contributed by atoms with Crippen LogP contribution in [0.2, 0.25) is 0 Å². The number of rotatable bonds is 8. The number of nitrogens with zero attached hydrogens (tertiary/aromatic N) is 2. The molecule has 0 aliphatic carbocycles. The zero-order valence-electron chi connectivity index (χ0n) is 18.3. The molecule has 0 fully saturated rings. The molecular formula is C26H25N3O3. The highest BCUT2D eigenvalue weighted by molar-refractivity contribution is 5.73. The van der Waals surface area contributed by atoms with Crippen LogP contribution >= 0.6 is 0 Å². The number of H-pyrrole nitrogens is 1. The maximum atomic E-state index is 5.83. The number of nitrogens with one attached hydrogen (secondary N) is 1. The lowest BCUT2D eigenvalue weighted by Crippen LogP contribution is -1.98. The third-order valence-corrected chi connectivity index (χ3v) is 4.98. The number of pyridine rings is 1. The molecule has 0 aliphatic heterocycles. The molecule has 0 amide bonds. The first-order valence-corrected chi connectivity index (χ1v) is 10.3. The Bertz CT molecular complexity index is 1220. The Morgan fingerprint density at radius 2 is 1.91 bits per heavy atom. The first-order chi connectivity index (χ1) is 15.6. The Labute approximate surface area is 187 Å². The van der Waals surface area contributed by atoms with Crippen molar-refractivity contribution in [1.29, 1.82) is 0 Å². The average molecular weight is 428 g/mol. The first-order valence-electron chi connectivity index (χ1n) is 10.3. The van der Waals surface area contributed by atoms with E-state index in [0.717, 1.165) is 51.2 Å². The second kappa shape index (κ2) is 9.83. The van der Waals surface area contributed by atoms with Gasteiger partial charge in [0.1, 0.15) is 29.6 Å². The van der Waals surface area contributed by atoms with Crippen LogP contribution in [0.25, 0.3) is 24.3 Å². The molecule has 0 saturated heterocycles. The molecule has 3 heterocycles. The molecule has 0 saturated carbocycles. The Hall–Kier alpha value is -4.06. The quantitative estimate of drug-likeness (QED) is 0.376. The number of hydrogen-bond acceptors (Lipinski definition) is 5. The van der Waals surface area contributed by atoms with E-state index in [2.05, 4.69) is 15.2 Å². The highest BCUT2D eigenvalue weighted by atomic mass is 16.5. The van der Waals surface area contributed by atoms with Gasteiger partial charge in [-0.25, -0.2) is 0 Å². The second-order valence-electron chi connectivity index (χ2n) is 7.32. The van der Waals surface area contributed by atoms with Gasteiger partial charge in [0, 0.05) is 17.8 Å². The lowest BCUT2D eigenvalue weighted by atomic mass is 10.1. The number of hydrogen-bond donors (Lipinski definition) is 1. The molecule has 162 valence electrons. The molecule has 1 aromatic carbocycles. The molecule has 32 heavy (non-hydrogen) atoms. The minimum absolute atomic E-state index is 0.403. The molecule has 1 N–H and O–H groups in total. The molecule has 0 radical (unpaired) electrons. The number of aromatic amines is 1. The van der Waals surface area contributed by atoms with Crippen LogP contribution < -0.4 is 9.47 Å². The van der Waals surface area contributed by atoms with Gasteiger partial charge in [0.05, 0.1) is 24.2 Å². The predicted octanol–water partition coefficient (Wildman–Crippen LogP) is 5.94. The molecule has 0 aliphatic rings. The lowest BCUT2D eigenvalue weighted by molar-refractivity contribution is 0.299. The van der Waals surface area contributed by atoms with Crippen molar-refractivity contribution in [2.45, 2.75) is 20.5 Å². The zero-order valence-corrected chi connectivity index (χ0v) is 18.3. The van der Waals surface area contributed by atoms with Crippen molar-refractivity contribution < 1.29 is 13.9 Å². The molecule has 4 rings (SSSR count). The molecule has 4 aromatic rings. The standard InChI is InChI=1S/C26H25N3O3/c1-18-14-25(32-19(18)2)12-10-22-15-21(28-29-22)9-7-20-8-11-24(16-26(20)30-3)31-17-23-6-4-5-13-27-23/h4-16H,17H2,1-3H3,(H,28,29)/b9-7?,12-10+. The molecule has 0 atom stereocenters. The predicted molar refractivity (Wildman–Crippen MR) is 126 cm³/mol. The highest BCUT2D eigenvalue weighted by Gasteiger charge is 2.05. The van der Waals surface area contributed by atoms with E-state index in [-0.39, 0.29) is 0 Å². The van der Waals surface area contributed by atoms with Gasteiger partial charge in [-0.3, -0.25) is 10.1 Å². The van der Waals surface area contributed by atoms with E-state index in [1.54, 1.807) is 13.3 Å². The van der Waals surface area contributed by atoms with E-state index in [4.69, 9.17) is 13.9 Å². The Morgan fingerprint density at radius 1 is 1.00 bits per heavy atom. The number of aromatic nitrogens is 3. The molecule has 0 unspecified atom stereocenters. The van der Waals surface area contributed by atoms with E-state index in [1.807, 2.05) is 86.7 Å². The SMILES string of the molecule is COc1cc(OCc2ccccn2)ccc1C=Cc1cc(/C=C/c2cc(C)c(C)o2)[nH]n1. The van der Waals surface area contributed by atoms with Gasteiger partial charge in [-0.15, -0.1) is 0 Å². The van der Waals surface area contributed by atoms with Gasteiger partial charge in [0.15, 0.2) is 0 Å². The fourth-order valence-electron chi connectivity index (χ4n) is 3.11. The first kappa shape index (κ1) is 21.2. The topological polar surface area (TPSA) is 73.2 Å². The van der Waals surface area contributed by atoms with Gasteiger partial charge in [-0.1, -0.05) is 6.07 Å². The van der Waals surface area contributed by atoms with Crippen LogP contribution in [-0.4, -0.2) is 22.3 Å². The third-order valence-electron chi connectivity index (χ3n) is 4.98. The van der Waals surface area contributed by atoms with Crippen molar-refractivity contribution in [3.05, 3.63) is 94.5 Å². The lowest BCUT2D eigenvalue weighted by Gasteiger charge is -2.09. The van der Waals surface area contributed by atoms with Gasteiger partial charge in [0.2, 0.25) is 0 Å². The Kier molecular flexibility index (Phi) is 6.51. The van der Waals surface area contributed by atoms with Crippen molar-refractivity contribution in [1.82, 2.24) is 15.2 Å². The summed E-state index contributed by atoms with van der Waals surface area (Å²) in [6.45, 7) is 4.39. The summed E-state index contributed by atoms with van der Waals surface area (Å²) in [7, 11) is 1.64. The van der Waals surface area contributed by atoms with Crippen molar-refractivity contribution >= 4 is 24.3 Å². The summed E-state index contributed by atoms with van der Waals surface area (Å²) in [5, 5.41) is 7.35. The van der Waals surface area contributed by atoms with E-state index in [9.17, 15) is 0 Å². The summed E-state index contributed by atoms with van der Waals surface area (Å²) >= 11 is 0. The van der Waals surface area contributed by atoms with E-state index >= 15 is 0 Å². The molecular weight excluding hydrogens is 402 g/mol. The van der Waals surface area contributed by atoms with Crippen molar-refractivity contribution in [2.24, 2.45) is 0 Å².